The van der Waals surface area contributed by atoms with Crippen LogP contribution in [0.25, 0.3) is 6.08 Å². The summed E-state index contributed by atoms with van der Waals surface area (Å²) in [6, 6.07) is 3.57. The summed E-state index contributed by atoms with van der Waals surface area (Å²) in [6.07, 6.45) is 1.90. The van der Waals surface area contributed by atoms with Gasteiger partial charge in [0.25, 0.3) is 0 Å². The molecule has 22 heavy (non-hydrogen) atoms. The lowest BCUT2D eigenvalue weighted by atomic mass is 10.1. The molecule has 0 saturated carbocycles. The van der Waals surface area contributed by atoms with E-state index in [-0.39, 0.29) is 12.3 Å². The maximum absolute atomic E-state index is 10.9. The van der Waals surface area contributed by atoms with Crippen molar-refractivity contribution in [3.05, 3.63) is 28.2 Å². The number of nitrogens with zero attached hydrogens (tertiary/aromatic N) is 1. The molecule has 7 heteroatoms. The Morgan fingerprint density at radius 3 is 2.91 bits per heavy atom. The summed E-state index contributed by atoms with van der Waals surface area (Å²) in [7, 11) is 1.50. The molecule has 118 valence electrons. The highest BCUT2D eigenvalue weighted by Crippen LogP contribution is 2.33. The van der Waals surface area contributed by atoms with E-state index in [1.807, 2.05) is 12.1 Å². The number of thiocarbonyl (C=S) groups is 1. The van der Waals surface area contributed by atoms with Crippen molar-refractivity contribution in [2.24, 2.45) is 0 Å². The number of aliphatic carboxylic acids is 1. The van der Waals surface area contributed by atoms with Crippen LogP contribution in [0.1, 0.15) is 11.1 Å². The second kappa shape index (κ2) is 7.02. The summed E-state index contributed by atoms with van der Waals surface area (Å²) in [5, 5.41) is 18.8. The molecule has 5 nitrogen and oxygen atoms in total. The third-order valence-electron chi connectivity index (χ3n) is 3.25. The molecular weight excluding hydrogens is 322 g/mol. The number of thioether (sulfide) groups is 1. The molecular formula is C15H17NO4S2. The minimum absolute atomic E-state index is 0.0886. The zero-order chi connectivity index (χ0) is 16.3. The van der Waals surface area contributed by atoms with Gasteiger partial charge >= 0.3 is 5.97 Å². The number of aromatic hydroxyl groups is 1. The van der Waals surface area contributed by atoms with Crippen LogP contribution in [0.15, 0.2) is 17.0 Å². The summed E-state index contributed by atoms with van der Waals surface area (Å²) in [5.41, 5.74) is 1.56. The van der Waals surface area contributed by atoms with Crippen LogP contribution < -0.4 is 4.74 Å². The molecule has 0 spiro atoms. The molecule has 0 aromatic heterocycles. The van der Waals surface area contributed by atoms with Crippen LogP contribution in [-0.4, -0.2) is 52.0 Å². The molecule has 1 aliphatic heterocycles. The fourth-order valence-electron chi connectivity index (χ4n) is 2.17. The number of carboxylic acid groups (broad SMARTS) is 1. The molecule has 1 heterocycles. The SMILES string of the molecule is COc1cc(/C=C2/SCCN(CC(=O)O)C2=S)cc(C)c1O. The van der Waals surface area contributed by atoms with Crippen molar-refractivity contribution in [2.45, 2.75) is 6.92 Å². The number of carbonyl (C=O) groups is 1. The predicted octanol–water partition coefficient (Wildman–Crippen LogP) is 2.51. The van der Waals surface area contributed by atoms with Gasteiger partial charge < -0.3 is 19.8 Å². The van der Waals surface area contributed by atoms with Gasteiger partial charge in [-0.05, 0) is 36.3 Å². The number of hydrogen-bond donors (Lipinski definition) is 2. The van der Waals surface area contributed by atoms with Gasteiger partial charge in [0.1, 0.15) is 11.5 Å². The minimum Gasteiger partial charge on any atom is -0.504 e. The fraction of sp³-hybridized carbons (Fsp3) is 0.333. The number of methoxy groups -OCH3 is 1. The molecule has 0 amide bonds. The fourth-order valence-corrected chi connectivity index (χ4v) is 3.56. The topological polar surface area (TPSA) is 70.0 Å². The van der Waals surface area contributed by atoms with Gasteiger partial charge in [0.15, 0.2) is 11.5 Å². The highest BCUT2D eigenvalue weighted by molar-refractivity contribution is 8.05. The van der Waals surface area contributed by atoms with E-state index in [0.717, 1.165) is 16.2 Å². The van der Waals surface area contributed by atoms with Crippen LogP contribution in [0.3, 0.4) is 0 Å². The zero-order valence-electron chi connectivity index (χ0n) is 12.3. The molecule has 0 aliphatic carbocycles. The Balaban J connectivity index is 2.30. The van der Waals surface area contributed by atoms with E-state index in [9.17, 15) is 9.90 Å². The van der Waals surface area contributed by atoms with Crippen molar-refractivity contribution in [2.75, 3.05) is 26.0 Å². The van der Waals surface area contributed by atoms with E-state index in [1.165, 1.54) is 7.11 Å². The van der Waals surface area contributed by atoms with Crippen molar-refractivity contribution in [3.8, 4) is 11.5 Å². The Hall–Kier alpha value is -1.73. The predicted molar refractivity (Wildman–Crippen MR) is 91.6 cm³/mol. The van der Waals surface area contributed by atoms with Gasteiger partial charge in [-0.15, -0.1) is 11.8 Å². The Bertz CT molecular complexity index is 643. The number of carboxylic acids is 1. The number of phenolic OH excluding ortho intramolecular Hbond substituents is 1. The summed E-state index contributed by atoms with van der Waals surface area (Å²) >= 11 is 6.98. The standard InChI is InChI=1S/C15H17NO4S2/c1-9-5-10(6-11(20-2)14(9)19)7-12-15(21)16(3-4-22-12)8-13(17)18/h5-7,19H,3-4,8H2,1-2H3,(H,17,18)/b12-7+. The highest BCUT2D eigenvalue weighted by atomic mass is 32.2. The Kier molecular flexibility index (Phi) is 5.31. The first-order chi connectivity index (χ1) is 10.4. The minimum atomic E-state index is -0.893. The largest absolute Gasteiger partial charge is 0.504 e. The first kappa shape index (κ1) is 16.6. The second-order valence-corrected chi connectivity index (χ2v) is 6.39. The number of phenols is 1. The van der Waals surface area contributed by atoms with Crippen LogP contribution in [0.5, 0.6) is 11.5 Å². The Morgan fingerprint density at radius 1 is 1.55 bits per heavy atom. The average Bonchev–Trinajstić information content (AvgIpc) is 2.46. The van der Waals surface area contributed by atoms with Gasteiger partial charge in [-0.3, -0.25) is 4.79 Å². The molecule has 1 aliphatic rings. The van der Waals surface area contributed by atoms with Crippen LogP contribution in [-0.2, 0) is 4.79 Å². The summed E-state index contributed by atoms with van der Waals surface area (Å²) in [4.78, 5) is 14.0. The molecule has 2 rings (SSSR count). The van der Waals surface area contributed by atoms with Gasteiger partial charge in [-0.25, -0.2) is 0 Å². The third-order valence-corrected chi connectivity index (χ3v) is 4.86. The monoisotopic (exact) mass is 339 g/mol. The van der Waals surface area contributed by atoms with Crippen LogP contribution in [0.4, 0.5) is 0 Å². The zero-order valence-corrected chi connectivity index (χ0v) is 14.0. The molecule has 2 N–H and O–H groups in total. The van der Waals surface area contributed by atoms with E-state index < -0.39 is 5.97 Å². The lowest BCUT2D eigenvalue weighted by Gasteiger charge is -2.29. The normalized spacial score (nSPS) is 16.9. The molecule has 1 aromatic rings. The van der Waals surface area contributed by atoms with Crippen LogP contribution in [0.2, 0.25) is 0 Å². The van der Waals surface area contributed by atoms with Gasteiger partial charge in [0.2, 0.25) is 0 Å². The second-order valence-electron chi connectivity index (χ2n) is 4.87. The summed E-state index contributed by atoms with van der Waals surface area (Å²) in [6.45, 7) is 2.34. The third kappa shape index (κ3) is 3.72. The molecule has 0 radical (unpaired) electrons. The molecule has 1 aromatic carbocycles. The maximum Gasteiger partial charge on any atom is 0.323 e. The summed E-state index contributed by atoms with van der Waals surface area (Å²) in [5.74, 6) is 0.417. The Morgan fingerprint density at radius 2 is 2.27 bits per heavy atom. The highest BCUT2D eigenvalue weighted by Gasteiger charge is 2.22. The first-order valence-corrected chi connectivity index (χ1v) is 8.05. The van der Waals surface area contributed by atoms with Crippen molar-refractivity contribution in [1.29, 1.82) is 0 Å². The maximum atomic E-state index is 10.9. The van der Waals surface area contributed by atoms with Crippen molar-refractivity contribution in [1.82, 2.24) is 4.90 Å². The summed E-state index contributed by atoms with van der Waals surface area (Å²) < 4.78 is 5.15. The van der Waals surface area contributed by atoms with Gasteiger partial charge in [0, 0.05) is 17.2 Å². The number of aryl methyl sites for hydroxylation is 1. The smallest absolute Gasteiger partial charge is 0.323 e. The van der Waals surface area contributed by atoms with E-state index >= 15 is 0 Å². The number of ether oxygens (including phenoxy) is 1. The first-order valence-electron chi connectivity index (χ1n) is 6.65. The van der Waals surface area contributed by atoms with E-state index in [4.69, 9.17) is 22.1 Å². The molecule has 1 saturated heterocycles. The number of rotatable bonds is 4. The molecule has 0 atom stereocenters. The van der Waals surface area contributed by atoms with E-state index in [1.54, 1.807) is 29.7 Å². The van der Waals surface area contributed by atoms with Crippen LogP contribution >= 0.6 is 24.0 Å². The lowest BCUT2D eigenvalue weighted by Crippen LogP contribution is -2.39. The quantitative estimate of drug-likeness (QED) is 0.645. The van der Waals surface area contributed by atoms with E-state index in [0.29, 0.717) is 22.8 Å². The van der Waals surface area contributed by atoms with Crippen molar-refractivity contribution >= 4 is 41.0 Å². The molecule has 1 fully saturated rings. The van der Waals surface area contributed by atoms with Crippen LogP contribution in [0, 0.1) is 6.92 Å². The van der Waals surface area contributed by atoms with Crippen molar-refractivity contribution in [3.63, 3.8) is 0 Å². The van der Waals surface area contributed by atoms with Crippen molar-refractivity contribution < 1.29 is 19.7 Å². The number of hydrogen-bond acceptors (Lipinski definition) is 5. The Labute approximate surface area is 138 Å². The number of benzene rings is 1. The van der Waals surface area contributed by atoms with Gasteiger partial charge in [-0.2, -0.15) is 0 Å². The lowest BCUT2D eigenvalue weighted by molar-refractivity contribution is -0.137. The molecule has 0 bridgehead atoms. The average molecular weight is 339 g/mol. The van der Waals surface area contributed by atoms with Gasteiger partial charge in [-0.1, -0.05) is 12.2 Å². The van der Waals surface area contributed by atoms with E-state index in [2.05, 4.69) is 0 Å². The van der Waals surface area contributed by atoms with Gasteiger partial charge in [0.05, 0.1) is 7.11 Å². The molecule has 0 unspecified atom stereocenters.